The van der Waals surface area contributed by atoms with Crippen molar-refractivity contribution in [1.82, 2.24) is 0 Å². The summed E-state index contributed by atoms with van der Waals surface area (Å²) < 4.78 is 17.9. The van der Waals surface area contributed by atoms with Gasteiger partial charge in [0.1, 0.15) is 0 Å². The molecule has 140 valence electrons. The van der Waals surface area contributed by atoms with Crippen molar-refractivity contribution in [1.29, 1.82) is 0 Å². The summed E-state index contributed by atoms with van der Waals surface area (Å²) >= 11 is 5.92. The molecule has 0 saturated heterocycles. The first kappa shape index (κ1) is 23.2. The van der Waals surface area contributed by atoms with Crippen molar-refractivity contribution in [3.8, 4) is 0 Å². The van der Waals surface area contributed by atoms with Crippen LogP contribution in [0.25, 0.3) is 0 Å². The molecule has 0 spiro atoms. The first-order chi connectivity index (χ1) is 11.2. The molecule has 4 heteroatoms. The number of unbranched alkanes of at least 4 members (excludes halogenated alkanes) is 5. The minimum atomic E-state index is -0.895. The Balaban J connectivity index is 4.68. The highest BCUT2D eigenvalue weighted by molar-refractivity contribution is 6.17. The molecule has 1 atom stereocenters. The summed E-state index contributed by atoms with van der Waals surface area (Å²) in [6.45, 7) is 10.0. The average Bonchev–Trinajstić information content (AvgIpc) is 2.54. The van der Waals surface area contributed by atoms with Gasteiger partial charge in [0.15, 0.2) is 0 Å². The summed E-state index contributed by atoms with van der Waals surface area (Å²) in [6.07, 6.45) is 10.8. The van der Waals surface area contributed by atoms with Crippen molar-refractivity contribution < 1.29 is 14.2 Å². The van der Waals surface area contributed by atoms with E-state index < -0.39 is 5.97 Å². The largest absolute Gasteiger partial charge is 0.328 e. The van der Waals surface area contributed by atoms with E-state index in [0.29, 0.717) is 25.7 Å². The third-order valence-electron chi connectivity index (χ3n) is 4.13. The standard InChI is InChI=1S/C19H39ClO3/c1-5-9-10-11-12-13-15-18(16-14-17-20)19(21-6-2,22-7-3)23-8-4/h18H,5-17H2,1-4H3/t18-/m1/s1. The number of halogens is 1. The van der Waals surface area contributed by atoms with Gasteiger partial charge >= 0.3 is 0 Å². The van der Waals surface area contributed by atoms with E-state index in [1.54, 1.807) is 0 Å². The molecule has 0 aliphatic heterocycles. The Morgan fingerprint density at radius 3 is 1.65 bits per heavy atom. The van der Waals surface area contributed by atoms with Crippen molar-refractivity contribution >= 4 is 11.6 Å². The molecule has 0 aromatic rings. The molecule has 0 aromatic carbocycles. The van der Waals surface area contributed by atoms with Crippen LogP contribution < -0.4 is 0 Å². The Kier molecular flexibility index (Phi) is 15.8. The zero-order valence-electron chi connectivity index (χ0n) is 15.9. The molecule has 0 fully saturated rings. The van der Waals surface area contributed by atoms with Crippen LogP contribution >= 0.6 is 11.6 Å². The zero-order valence-corrected chi connectivity index (χ0v) is 16.6. The van der Waals surface area contributed by atoms with Gasteiger partial charge < -0.3 is 14.2 Å². The fraction of sp³-hybridized carbons (Fsp3) is 1.00. The van der Waals surface area contributed by atoms with E-state index in [9.17, 15) is 0 Å². The summed E-state index contributed by atoms with van der Waals surface area (Å²) in [5, 5.41) is 0. The lowest BCUT2D eigenvalue weighted by Gasteiger charge is -2.39. The van der Waals surface area contributed by atoms with Gasteiger partial charge in [-0.05, 0) is 40.0 Å². The molecule has 0 amide bonds. The highest BCUT2D eigenvalue weighted by Gasteiger charge is 2.41. The summed E-state index contributed by atoms with van der Waals surface area (Å²) in [7, 11) is 0. The van der Waals surface area contributed by atoms with Gasteiger partial charge in [-0.2, -0.15) is 0 Å². The number of hydrogen-bond donors (Lipinski definition) is 0. The van der Waals surface area contributed by atoms with Gasteiger partial charge in [0.05, 0.1) is 0 Å². The molecule has 0 saturated carbocycles. The third-order valence-corrected chi connectivity index (χ3v) is 4.40. The maximum absolute atomic E-state index is 5.98. The smallest absolute Gasteiger partial charge is 0.285 e. The van der Waals surface area contributed by atoms with E-state index >= 15 is 0 Å². The van der Waals surface area contributed by atoms with E-state index in [2.05, 4.69) is 6.92 Å². The molecule has 3 nitrogen and oxygen atoms in total. The zero-order chi connectivity index (χ0) is 17.4. The molecule has 0 radical (unpaired) electrons. The van der Waals surface area contributed by atoms with Crippen LogP contribution in [0, 0.1) is 5.92 Å². The predicted octanol–water partition coefficient (Wildman–Crippen LogP) is 6.14. The fourth-order valence-corrected chi connectivity index (χ4v) is 3.23. The molecule has 0 unspecified atom stereocenters. The summed E-state index contributed by atoms with van der Waals surface area (Å²) in [5.74, 6) is 0.0218. The topological polar surface area (TPSA) is 27.7 Å². The van der Waals surface area contributed by atoms with Gasteiger partial charge in [-0.3, -0.25) is 0 Å². The Morgan fingerprint density at radius 2 is 1.17 bits per heavy atom. The summed E-state index contributed by atoms with van der Waals surface area (Å²) in [4.78, 5) is 0. The van der Waals surface area contributed by atoms with Gasteiger partial charge in [0, 0.05) is 31.6 Å². The molecular weight excluding hydrogens is 312 g/mol. The maximum Gasteiger partial charge on any atom is 0.285 e. The molecule has 0 rings (SSSR count). The average molecular weight is 351 g/mol. The van der Waals surface area contributed by atoms with Gasteiger partial charge in [-0.25, -0.2) is 0 Å². The van der Waals surface area contributed by atoms with Crippen molar-refractivity contribution in [2.75, 3.05) is 25.7 Å². The summed E-state index contributed by atoms with van der Waals surface area (Å²) in [5.41, 5.74) is 0. The van der Waals surface area contributed by atoms with E-state index in [4.69, 9.17) is 25.8 Å². The molecule has 0 aromatic heterocycles. The second-order valence-corrected chi connectivity index (χ2v) is 6.37. The van der Waals surface area contributed by atoms with Crippen LogP contribution in [0.3, 0.4) is 0 Å². The van der Waals surface area contributed by atoms with Crippen LogP contribution in [0.15, 0.2) is 0 Å². The van der Waals surface area contributed by atoms with E-state index in [-0.39, 0.29) is 5.92 Å². The van der Waals surface area contributed by atoms with Gasteiger partial charge in [-0.15, -0.1) is 11.6 Å². The van der Waals surface area contributed by atoms with E-state index in [0.717, 1.165) is 19.3 Å². The first-order valence-electron chi connectivity index (χ1n) is 9.68. The Morgan fingerprint density at radius 1 is 0.696 bits per heavy atom. The molecule has 0 heterocycles. The van der Waals surface area contributed by atoms with E-state index in [1.807, 2.05) is 20.8 Å². The van der Waals surface area contributed by atoms with E-state index in [1.165, 1.54) is 38.5 Å². The van der Waals surface area contributed by atoms with Crippen LogP contribution in [-0.2, 0) is 14.2 Å². The minimum absolute atomic E-state index is 0.243. The molecule has 0 N–H and O–H groups in total. The molecule has 23 heavy (non-hydrogen) atoms. The van der Waals surface area contributed by atoms with Crippen LogP contribution in [0.2, 0.25) is 0 Å². The minimum Gasteiger partial charge on any atom is -0.328 e. The Hall–Kier alpha value is 0.170. The predicted molar refractivity (Wildman–Crippen MR) is 99.0 cm³/mol. The van der Waals surface area contributed by atoms with Crippen LogP contribution in [0.4, 0.5) is 0 Å². The third kappa shape index (κ3) is 9.91. The highest BCUT2D eigenvalue weighted by Crippen LogP contribution is 2.34. The van der Waals surface area contributed by atoms with Gasteiger partial charge in [-0.1, -0.05) is 45.4 Å². The normalized spacial score (nSPS) is 13.4. The molecule has 0 bridgehead atoms. The van der Waals surface area contributed by atoms with Crippen LogP contribution in [0.5, 0.6) is 0 Å². The number of rotatable bonds is 17. The van der Waals surface area contributed by atoms with Crippen molar-refractivity contribution in [2.24, 2.45) is 5.92 Å². The SMILES string of the molecule is CCCCCCCC[C@H](CCCCl)C(OCC)(OCC)OCC. The Labute approximate surface area is 149 Å². The number of ether oxygens (including phenoxy) is 3. The lowest BCUT2D eigenvalue weighted by molar-refractivity contribution is -0.403. The van der Waals surface area contributed by atoms with Crippen molar-refractivity contribution in [2.45, 2.75) is 91.5 Å². The molecular formula is C19H39ClO3. The lowest BCUT2D eigenvalue weighted by atomic mass is 9.93. The number of alkyl halides is 1. The van der Waals surface area contributed by atoms with Crippen molar-refractivity contribution in [3.63, 3.8) is 0 Å². The van der Waals surface area contributed by atoms with Crippen molar-refractivity contribution in [3.05, 3.63) is 0 Å². The molecule has 0 aliphatic carbocycles. The molecule has 0 aliphatic rings. The second-order valence-electron chi connectivity index (χ2n) is 5.99. The fourth-order valence-electron chi connectivity index (χ4n) is 3.07. The van der Waals surface area contributed by atoms with Crippen LogP contribution in [0.1, 0.15) is 85.5 Å². The maximum atomic E-state index is 5.98. The first-order valence-corrected chi connectivity index (χ1v) is 10.2. The lowest BCUT2D eigenvalue weighted by Crippen LogP contribution is -2.46. The quantitative estimate of drug-likeness (QED) is 0.179. The monoisotopic (exact) mass is 350 g/mol. The highest BCUT2D eigenvalue weighted by atomic mass is 35.5. The van der Waals surface area contributed by atoms with Crippen LogP contribution in [-0.4, -0.2) is 31.7 Å². The second kappa shape index (κ2) is 15.7. The Bertz CT molecular complexity index is 232. The van der Waals surface area contributed by atoms with Gasteiger partial charge in [0.25, 0.3) is 5.97 Å². The summed E-state index contributed by atoms with van der Waals surface area (Å²) in [6, 6.07) is 0. The number of hydrogen-bond acceptors (Lipinski definition) is 3. The van der Waals surface area contributed by atoms with Gasteiger partial charge in [0.2, 0.25) is 0 Å².